The molecule has 0 aliphatic rings. The fraction of sp³-hybridized carbons (Fsp3) is 0.0222. The number of rotatable bonds is 3. The molecule has 49 heavy (non-hydrogen) atoms. The second kappa shape index (κ2) is 17.1. The molecule has 0 unspecified atom stereocenters. The van der Waals surface area contributed by atoms with Gasteiger partial charge in [-0.25, -0.2) is 0 Å². The summed E-state index contributed by atoms with van der Waals surface area (Å²) in [6.45, 7) is 2.17. The van der Waals surface area contributed by atoms with E-state index in [1.54, 1.807) is 23.3 Å². The van der Waals surface area contributed by atoms with Crippen molar-refractivity contribution in [3.8, 4) is 11.1 Å². The topological polar surface area (TPSA) is 0 Å². The molecule has 9 rings (SSSR count). The van der Waals surface area contributed by atoms with Crippen molar-refractivity contribution in [3.63, 3.8) is 0 Å². The van der Waals surface area contributed by atoms with Crippen LogP contribution in [-0.2, 0) is 23.3 Å². The van der Waals surface area contributed by atoms with Crippen molar-refractivity contribution in [2.45, 2.75) is 6.92 Å². The summed E-state index contributed by atoms with van der Waals surface area (Å²) in [7, 11) is 0. The van der Waals surface area contributed by atoms with E-state index in [1.165, 1.54) is 70.2 Å². The van der Waals surface area contributed by atoms with E-state index in [0.29, 0.717) is 0 Å². The van der Waals surface area contributed by atoms with Crippen LogP contribution in [0.25, 0.3) is 54.2 Å². The van der Waals surface area contributed by atoms with Gasteiger partial charge in [0.15, 0.2) is 0 Å². The van der Waals surface area contributed by atoms with E-state index in [9.17, 15) is 0 Å². The molecular weight excluding hydrogens is 731 g/mol. The van der Waals surface area contributed by atoms with Crippen LogP contribution in [-0.4, -0.2) is 5.43 Å². The van der Waals surface area contributed by atoms with Gasteiger partial charge in [0.05, 0.1) is 0 Å². The van der Waals surface area contributed by atoms with E-state index in [1.807, 2.05) is 0 Å². The predicted molar refractivity (Wildman–Crippen MR) is 202 cm³/mol. The SMILES string of the molecule is Cc1cc(-c2cc3ccccc3[cH-]2)c2ccccc2c1.[Cl-].[Cl-].[Zr+2]=[Si](c1ccccc1)c1ccccc1.c1ccc2c(c1)[cH-]c1ccccc12. The maximum absolute atomic E-state index is 2.29. The Morgan fingerprint density at radius 3 is 1.43 bits per heavy atom. The molecule has 0 nitrogen and oxygen atoms in total. The number of benzene rings is 7. The molecule has 9 aromatic rings. The zero-order chi connectivity index (χ0) is 32.0. The maximum Gasteiger partial charge on any atom is -0.0771 e. The third-order valence-electron chi connectivity index (χ3n) is 8.58. The Morgan fingerprint density at radius 2 is 0.878 bits per heavy atom. The minimum Gasteiger partial charge on any atom is -0.126 e. The van der Waals surface area contributed by atoms with Crippen LogP contribution in [0.3, 0.4) is 0 Å². The van der Waals surface area contributed by atoms with Crippen LogP contribution in [0.4, 0.5) is 0 Å². The van der Waals surface area contributed by atoms with Crippen LogP contribution in [0.2, 0.25) is 0 Å². The molecule has 4 heteroatoms. The van der Waals surface area contributed by atoms with Gasteiger partial charge < -0.3 is 24.8 Å². The fourth-order valence-corrected chi connectivity index (χ4v) is 10.1. The molecule has 0 N–H and O–H groups in total. The summed E-state index contributed by atoms with van der Waals surface area (Å²) in [6, 6.07) is 67.2. The zero-order valence-electron chi connectivity index (χ0n) is 27.2. The molecule has 0 amide bonds. The molecule has 9 aromatic carbocycles. The first kappa shape index (κ1) is 36.2. The zero-order valence-corrected chi connectivity index (χ0v) is 32.1. The Balaban J connectivity index is 0.000000145. The van der Waals surface area contributed by atoms with Crippen molar-refractivity contribution in [1.82, 2.24) is 0 Å². The largest absolute Gasteiger partial charge is 0.126 e. The second-order valence-electron chi connectivity index (χ2n) is 11.8. The van der Waals surface area contributed by atoms with Crippen LogP contribution in [0, 0.1) is 6.92 Å². The van der Waals surface area contributed by atoms with E-state index in [2.05, 4.69) is 195 Å². The van der Waals surface area contributed by atoms with E-state index >= 15 is 0 Å². The van der Waals surface area contributed by atoms with Gasteiger partial charge in [0.2, 0.25) is 0 Å². The van der Waals surface area contributed by atoms with Crippen molar-refractivity contribution in [1.29, 1.82) is 0 Å². The molecule has 0 aliphatic carbocycles. The Morgan fingerprint density at radius 1 is 0.429 bits per heavy atom. The summed E-state index contributed by atoms with van der Waals surface area (Å²) in [4.78, 5) is 0. The molecule has 0 aliphatic heterocycles. The van der Waals surface area contributed by atoms with Gasteiger partial charge in [-0.1, -0.05) is 102 Å². The third kappa shape index (κ3) is 8.41. The Kier molecular flexibility index (Phi) is 12.6. The van der Waals surface area contributed by atoms with Gasteiger partial charge >= 0.3 is 99.8 Å². The average molecular weight is 765 g/mol. The fourth-order valence-electron chi connectivity index (χ4n) is 6.29. The monoisotopic (exact) mass is 762 g/mol. The number of hydrogen-bond donors (Lipinski definition) is 0. The van der Waals surface area contributed by atoms with Crippen molar-refractivity contribution in [2.75, 3.05) is 0 Å². The van der Waals surface area contributed by atoms with Gasteiger partial charge in [-0.05, 0) is 17.7 Å². The summed E-state index contributed by atoms with van der Waals surface area (Å²) >= 11 is 1.64. The van der Waals surface area contributed by atoms with Crippen molar-refractivity contribution >= 4 is 58.9 Å². The molecule has 0 bridgehead atoms. The van der Waals surface area contributed by atoms with Crippen molar-refractivity contribution < 1.29 is 48.1 Å². The first-order chi connectivity index (χ1) is 23.1. The number of fused-ring (bicyclic) bond motifs is 5. The number of aryl methyl sites for hydroxylation is 1. The summed E-state index contributed by atoms with van der Waals surface area (Å²) in [5.41, 5.74) is 3.50. The summed E-state index contributed by atoms with van der Waals surface area (Å²) in [6.07, 6.45) is 0. The van der Waals surface area contributed by atoms with Crippen LogP contribution in [0.15, 0.2) is 188 Å². The van der Waals surface area contributed by atoms with Crippen LogP contribution >= 0.6 is 0 Å². The molecule has 0 atom stereocenters. The van der Waals surface area contributed by atoms with Gasteiger partial charge in [-0.2, -0.15) is 0 Å². The van der Waals surface area contributed by atoms with Gasteiger partial charge in [-0.15, -0.1) is 74.3 Å². The van der Waals surface area contributed by atoms with Crippen LogP contribution in [0.1, 0.15) is 5.56 Å². The van der Waals surface area contributed by atoms with Gasteiger partial charge in [-0.3, -0.25) is 0 Å². The summed E-state index contributed by atoms with van der Waals surface area (Å²) < 4.78 is 0. The van der Waals surface area contributed by atoms with Crippen LogP contribution in [0.5, 0.6) is 0 Å². The van der Waals surface area contributed by atoms with Gasteiger partial charge in [0.1, 0.15) is 0 Å². The first-order valence-electron chi connectivity index (χ1n) is 16.0. The molecule has 238 valence electrons. The number of halogens is 2. The normalized spacial score (nSPS) is 10.3. The molecule has 0 heterocycles. The van der Waals surface area contributed by atoms with E-state index in [4.69, 9.17) is 0 Å². The first-order valence-corrected chi connectivity index (χ1v) is 21.2. The molecule has 0 radical (unpaired) electrons. The van der Waals surface area contributed by atoms with E-state index in [-0.39, 0.29) is 24.8 Å². The standard InChI is InChI=1S/C20H15.C13H9.C12H10Si.2ClH.Zr/c1-14-10-17-8-4-5-9-19(17)20(11-14)18-12-15-6-2-3-7-16(15)13-18;1-3-7-12-10(5-1)9-11-6-2-4-8-13(11)12;1-3-7-11(8-4-1)13-12-9-5-2-6-10-12;;;/h2-13H,1H3;1-9H;1-10H;2*1H;/q2*-1;;;;+2/p-2. The molecular formula is C45H34Cl2SiZr-2. The Labute approximate surface area is 316 Å². The third-order valence-corrected chi connectivity index (χ3v) is 14.7. The predicted octanol–water partition coefficient (Wildman–Crippen LogP) is 4.75. The smallest absolute Gasteiger partial charge is 0.0771 e. The average Bonchev–Trinajstić information content (AvgIpc) is 3.74. The van der Waals surface area contributed by atoms with Crippen molar-refractivity contribution in [3.05, 3.63) is 194 Å². The van der Waals surface area contributed by atoms with Crippen molar-refractivity contribution in [2.24, 2.45) is 0 Å². The van der Waals surface area contributed by atoms with Gasteiger partial charge in [0, 0.05) is 0 Å². The van der Waals surface area contributed by atoms with E-state index < -0.39 is 5.43 Å². The minimum absolute atomic E-state index is 0. The van der Waals surface area contributed by atoms with E-state index in [0.717, 1.165) is 0 Å². The second-order valence-corrected chi connectivity index (χ2v) is 17.4. The summed E-state index contributed by atoms with van der Waals surface area (Å²) in [5.74, 6) is 0. The molecule has 0 fully saturated rings. The molecule has 0 spiro atoms. The molecule has 0 saturated carbocycles. The maximum atomic E-state index is 2.29. The minimum atomic E-state index is -0.455. The Bertz CT molecular complexity index is 2320. The molecule has 0 aromatic heterocycles. The molecule has 0 saturated heterocycles. The number of hydrogen-bond acceptors (Lipinski definition) is 0. The Hall–Kier alpha value is -4.04. The van der Waals surface area contributed by atoms with Crippen LogP contribution < -0.4 is 35.2 Å². The van der Waals surface area contributed by atoms with Gasteiger partial charge in [0.25, 0.3) is 0 Å². The summed E-state index contributed by atoms with van der Waals surface area (Å²) in [5, 5.41) is 13.7. The quantitative estimate of drug-likeness (QED) is 0.180.